The van der Waals surface area contributed by atoms with Crippen molar-refractivity contribution in [1.82, 2.24) is 25.1 Å². The third-order valence-corrected chi connectivity index (χ3v) is 7.34. The summed E-state index contributed by atoms with van der Waals surface area (Å²) in [4.78, 5) is 35.4. The van der Waals surface area contributed by atoms with Gasteiger partial charge in [0.2, 0.25) is 5.88 Å². The molecule has 2 aromatic heterocycles. The van der Waals surface area contributed by atoms with Gasteiger partial charge < -0.3 is 19.5 Å². The molecule has 1 saturated heterocycles. The lowest BCUT2D eigenvalue weighted by molar-refractivity contribution is -0.154. The van der Waals surface area contributed by atoms with Gasteiger partial charge in [0.05, 0.1) is 36.7 Å². The second-order valence-corrected chi connectivity index (χ2v) is 10.5. The first-order valence-electron chi connectivity index (χ1n) is 14.4. The molecule has 1 fully saturated rings. The van der Waals surface area contributed by atoms with Crippen molar-refractivity contribution in [1.29, 1.82) is 0 Å². The van der Waals surface area contributed by atoms with Crippen LogP contribution in [0.25, 0.3) is 16.9 Å². The minimum Gasteiger partial charge on any atom is -0.481 e. The zero-order chi connectivity index (χ0) is 32.8. The van der Waals surface area contributed by atoms with Crippen LogP contribution in [0.2, 0.25) is 0 Å². The highest BCUT2D eigenvalue weighted by Gasteiger charge is 2.37. The van der Waals surface area contributed by atoms with Crippen molar-refractivity contribution >= 4 is 17.8 Å². The molecule has 0 bridgehead atoms. The van der Waals surface area contributed by atoms with Gasteiger partial charge in [-0.05, 0) is 42.8 Å². The van der Waals surface area contributed by atoms with Crippen molar-refractivity contribution in [2.24, 2.45) is 0 Å². The molecule has 5 rings (SSSR count). The van der Waals surface area contributed by atoms with Crippen molar-refractivity contribution < 1.29 is 37.4 Å². The van der Waals surface area contributed by atoms with Gasteiger partial charge in [0.25, 0.3) is 0 Å². The van der Waals surface area contributed by atoms with E-state index < -0.39 is 35.8 Å². The first-order chi connectivity index (χ1) is 22.2. The van der Waals surface area contributed by atoms with E-state index in [0.717, 1.165) is 12.1 Å². The topological polar surface area (TPSA) is 129 Å². The average molecular weight is 637 g/mol. The summed E-state index contributed by atoms with van der Waals surface area (Å²) < 4.78 is 45.1. The van der Waals surface area contributed by atoms with E-state index in [1.54, 1.807) is 29.1 Å². The molecule has 2 aromatic carbocycles. The quantitative estimate of drug-likeness (QED) is 0.225. The highest BCUT2D eigenvalue weighted by atomic mass is 19.2. The molecule has 0 aliphatic carbocycles. The third kappa shape index (κ3) is 7.30. The van der Waals surface area contributed by atoms with Crippen LogP contribution >= 0.6 is 0 Å². The number of urea groups is 1. The molecule has 0 radical (unpaired) electrons. The lowest BCUT2D eigenvalue weighted by Gasteiger charge is -2.20. The van der Waals surface area contributed by atoms with Crippen LogP contribution in [0.15, 0.2) is 60.8 Å². The van der Waals surface area contributed by atoms with E-state index in [9.17, 15) is 18.4 Å². The van der Waals surface area contributed by atoms with Crippen LogP contribution in [-0.4, -0.2) is 71.8 Å². The Balaban J connectivity index is 1.45. The van der Waals surface area contributed by atoms with Gasteiger partial charge in [-0.25, -0.2) is 23.2 Å². The standard InChI is InChI=1S/C32H34F2N6O6/c1-19-28(22-14-23(18-45-20(2)41)31(44-4)35-16-22)38-40(24-8-6-5-7-9-24)30(19)37-32(42)36-27-17-39(12-13-43-3)46-29(27)21-10-11-25(33)26(34)15-21/h5-11,14-16,27,29H,12-13,17-18H2,1-4H3,(H2,36,37,42)/t27-,29+/m1/s1. The number of methoxy groups -OCH3 is 2. The van der Waals surface area contributed by atoms with Crippen LogP contribution in [0.5, 0.6) is 5.88 Å². The summed E-state index contributed by atoms with van der Waals surface area (Å²) in [6, 6.07) is 13.3. The van der Waals surface area contributed by atoms with Crippen molar-refractivity contribution in [2.75, 3.05) is 39.2 Å². The van der Waals surface area contributed by atoms with Gasteiger partial charge >= 0.3 is 12.0 Å². The average Bonchev–Trinajstić information content (AvgIpc) is 3.60. The summed E-state index contributed by atoms with van der Waals surface area (Å²) in [5.41, 5.74) is 3.35. The SMILES string of the molecule is COCCN1C[C@@H](NC(=O)Nc2c(C)c(-c3cnc(OC)c(COC(C)=O)c3)nn2-c2ccccc2)[C@H](c2ccc(F)c(F)c2)O1. The van der Waals surface area contributed by atoms with Crippen LogP contribution in [-0.2, 0) is 25.7 Å². The lowest BCUT2D eigenvalue weighted by atomic mass is 10.0. The fourth-order valence-electron chi connectivity index (χ4n) is 5.11. The first kappa shape index (κ1) is 32.5. The number of esters is 1. The van der Waals surface area contributed by atoms with E-state index in [1.807, 2.05) is 37.3 Å². The van der Waals surface area contributed by atoms with Gasteiger partial charge in [0.15, 0.2) is 11.6 Å². The van der Waals surface area contributed by atoms with E-state index in [2.05, 4.69) is 15.6 Å². The number of para-hydroxylation sites is 1. The zero-order valence-corrected chi connectivity index (χ0v) is 25.8. The Morgan fingerprint density at radius 2 is 1.87 bits per heavy atom. The minimum absolute atomic E-state index is 0.0463. The summed E-state index contributed by atoms with van der Waals surface area (Å²) in [7, 11) is 3.03. The number of amides is 2. The number of hydrogen-bond donors (Lipinski definition) is 2. The highest BCUT2D eigenvalue weighted by molar-refractivity contribution is 5.91. The molecule has 4 aromatic rings. The molecule has 2 amide bonds. The molecule has 0 saturated carbocycles. The molecule has 242 valence electrons. The number of benzene rings is 2. The highest BCUT2D eigenvalue weighted by Crippen LogP contribution is 2.33. The summed E-state index contributed by atoms with van der Waals surface area (Å²) in [6.07, 6.45) is 0.802. The number of aromatic nitrogens is 3. The summed E-state index contributed by atoms with van der Waals surface area (Å²) in [6.45, 7) is 4.11. The fraction of sp³-hybridized carbons (Fsp3) is 0.312. The Morgan fingerprint density at radius 1 is 1.09 bits per heavy atom. The second kappa shape index (κ2) is 14.5. The monoisotopic (exact) mass is 636 g/mol. The van der Waals surface area contributed by atoms with Gasteiger partial charge in [-0.1, -0.05) is 24.3 Å². The molecule has 0 spiro atoms. The van der Waals surface area contributed by atoms with Crippen LogP contribution < -0.4 is 15.4 Å². The van der Waals surface area contributed by atoms with E-state index in [-0.39, 0.29) is 13.2 Å². The predicted molar refractivity (Wildman–Crippen MR) is 163 cm³/mol. The van der Waals surface area contributed by atoms with E-state index >= 15 is 0 Å². The molecule has 1 aliphatic heterocycles. The second-order valence-electron chi connectivity index (χ2n) is 10.5. The number of pyridine rings is 1. The number of halogens is 2. The number of hydroxylamine groups is 2. The number of nitrogens with one attached hydrogen (secondary N) is 2. The van der Waals surface area contributed by atoms with Crippen LogP contribution in [0.3, 0.4) is 0 Å². The molecule has 0 unspecified atom stereocenters. The largest absolute Gasteiger partial charge is 0.481 e. The number of anilines is 1. The van der Waals surface area contributed by atoms with Crippen molar-refractivity contribution in [3.8, 4) is 22.8 Å². The molecular weight excluding hydrogens is 602 g/mol. The smallest absolute Gasteiger partial charge is 0.320 e. The van der Waals surface area contributed by atoms with Gasteiger partial charge in [-0.15, -0.1) is 0 Å². The molecule has 14 heteroatoms. The van der Waals surface area contributed by atoms with E-state index in [0.29, 0.717) is 58.5 Å². The van der Waals surface area contributed by atoms with E-state index in [4.69, 9.17) is 24.1 Å². The van der Waals surface area contributed by atoms with Crippen molar-refractivity contribution in [2.45, 2.75) is 32.6 Å². The molecule has 2 atom stereocenters. The Kier molecular flexibility index (Phi) is 10.2. The van der Waals surface area contributed by atoms with Crippen molar-refractivity contribution in [3.05, 3.63) is 89.1 Å². The lowest BCUT2D eigenvalue weighted by Crippen LogP contribution is -2.42. The molecule has 1 aliphatic rings. The summed E-state index contributed by atoms with van der Waals surface area (Å²) in [5.74, 6) is -1.76. The number of carbonyl (C=O) groups is 2. The Bertz CT molecular complexity index is 1700. The maximum absolute atomic E-state index is 14.1. The van der Waals surface area contributed by atoms with E-state index in [1.165, 1.54) is 20.1 Å². The van der Waals surface area contributed by atoms with Crippen molar-refractivity contribution in [3.63, 3.8) is 0 Å². The number of ether oxygens (including phenoxy) is 3. The zero-order valence-electron chi connectivity index (χ0n) is 25.8. The van der Waals surface area contributed by atoms with Crippen LogP contribution in [0, 0.1) is 18.6 Å². The van der Waals surface area contributed by atoms with Crippen LogP contribution in [0.4, 0.5) is 19.4 Å². The number of hydrogen-bond acceptors (Lipinski definition) is 9. The Labute approximate surface area is 264 Å². The maximum Gasteiger partial charge on any atom is 0.320 e. The molecule has 2 N–H and O–H groups in total. The van der Waals surface area contributed by atoms with Gasteiger partial charge in [-0.3, -0.25) is 14.9 Å². The first-order valence-corrected chi connectivity index (χ1v) is 14.4. The number of nitrogens with zero attached hydrogens (tertiary/aromatic N) is 4. The summed E-state index contributed by atoms with van der Waals surface area (Å²) >= 11 is 0. The Hall–Kier alpha value is -4.92. The fourth-order valence-corrected chi connectivity index (χ4v) is 5.11. The van der Waals surface area contributed by atoms with Crippen LogP contribution in [0.1, 0.15) is 29.7 Å². The Morgan fingerprint density at radius 3 is 2.57 bits per heavy atom. The molecule has 46 heavy (non-hydrogen) atoms. The van der Waals surface area contributed by atoms with Gasteiger partial charge in [-0.2, -0.15) is 10.2 Å². The predicted octanol–water partition coefficient (Wildman–Crippen LogP) is 4.72. The normalized spacial score (nSPS) is 16.3. The maximum atomic E-state index is 14.1. The van der Waals surface area contributed by atoms with Gasteiger partial charge in [0, 0.05) is 44.4 Å². The number of rotatable bonds is 11. The minimum atomic E-state index is -1.02. The number of carbonyl (C=O) groups excluding carboxylic acids is 2. The van der Waals surface area contributed by atoms with Gasteiger partial charge in [0.1, 0.15) is 18.5 Å². The third-order valence-electron chi connectivity index (χ3n) is 7.34. The molecule has 3 heterocycles. The molecular formula is C32H34F2N6O6. The molecule has 12 nitrogen and oxygen atoms in total. The summed E-state index contributed by atoms with van der Waals surface area (Å²) in [5, 5.41) is 12.3.